The molecule has 0 aliphatic rings. The van der Waals surface area contributed by atoms with Crippen LogP contribution in [0.15, 0.2) is 78.2 Å². The monoisotopic (exact) mass is 425 g/mol. The Balaban J connectivity index is 1.79. The second-order valence-electron chi connectivity index (χ2n) is 7.42. The molecule has 5 aromatic rings. The summed E-state index contributed by atoms with van der Waals surface area (Å²) in [5, 5.41) is 3.86. The van der Waals surface area contributed by atoms with Crippen LogP contribution >= 0.6 is 11.3 Å². The molecule has 0 aliphatic heterocycles. The first-order chi connectivity index (χ1) is 15.0. The molecule has 0 aliphatic carbocycles. The summed E-state index contributed by atoms with van der Waals surface area (Å²) in [5.74, 6) is -0.914. The third kappa shape index (κ3) is 3.27. The van der Waals surface area contributed by atoms with Crippen molar-refractivity contribution in [3.63, 3.8) is 0 Å². The average molecular weight is 426 g/mol. The highest BCUT2D eigenvalue weighted by molar-refractivity contribution is 7.13. The third-order valence-corrected chi connectivity index (χ3v) is 6.43. The summed E-state index contributed by atoms with van der Waals surface area (Å²) in [6.45, 7) is 0.525. The highest BCUT2D eigenvalue weighted by Crippen LogP contribution is 2.36. The molecule has 152 valence electrons. The molecule has 0 spiro atoms. The average Bonchev–Trinajstić information content (AvgIpc) is 3.41. The van der Waals surface area contributed by atoms with Gasteiger partial charge in [0.15, 0.2) is 0 Å². The Labute approximate surface area is 182 Å². The number of carbonyl (C=O) groups is 2. The molecule has 5 rings (SSSR count). The molecule has 0 radical (unpaired) electrons. The fourth-order valence-corrected chi connectivity index (χ4v) is 4.85. The van der Waals surface area contributed by atoms with Crippen LogP contribution in [0.4, 0.5) is 0 Å². The number of hydrogen-bond acceptors (Lipinski definition) is 3. The van der Waals surface area contributed by atoms with Crippen molar-refractivity contribution in [3.05, 3.63) is 94.9 Å². The third-order valence-electron chi connectivity index (χ3n) is 5.51. The largest absolute Gasteiger partial charge is 0.366 e. The van der Waals surface area contributed by atoms with Gasteiger partial charge in [-0.3, -0.25) is 9.59 Å². The molecule has 0 fully saturated rings. The summed E-state index contributed by atoms with van der Waals surface area (Å²) in [5.41, 5.74) is 16.1. The van der Waals surface area contributed by atoms with Crippen LogP contribution in [0.3, 0.4) is 0 Å². The smallest absolute Gasteiger partial charge is 0.249 e. The van der Waals surface area contributed by atoms with Crippen molar-refractivity contribution in [3.8, 4) is 10.4 Å². The van der Waals surface area contributed by atoms with E-state index in [1.807, 2.05) is 30.3 Å². The lowest BCUT2D eigenvalue weighted by Gasteiger charge is -2.10. The highest BCUT2D eigenvalue weighted by Gasteiger charge is 2.17. The van der Waals surface area contributed by atoms with E-state index in [1.165, 1.54) is 4.88 Å². The summed E-state index contributed by atoms with van der Waals surface area (Å²) < 4.78 is 2.16. The van der Waals surface area contributed by atoms with Gasteiger partial charge in [-0.1, -0.05) is 36.4 Å². The number of benzene rings is 3. The summed E-state index contributed by atoms with van der Waals surface area (Å²) in [4.78, 5) is 25.0. The zero-order chi connectivity index (χ0) is 21.5. The Morgan fingerprint density at radius 1 is 0.839 bits per heavy atom. The van der Waals surface area contributed by atoms with Crippen LogP contribution in [-0.2, 0) is 6.54 Å². The van der Waals surface area contributed by atoms with Crippen molar-refractivity contribution in [1.29, 1.82) is 0 Å². The Morgan fingerprint density at radius 2 is 1.68 bits per heavy atom. The number of amides is 2. The molecule has 6 heteroatoms. The van der Waals surface area contributed by atoms with Gasteiger partial charge in [-0.2, -0.15) is 0 Å². The van der Waals surface area contributed by atoms with Gasteiger partial charge in [0, 0.05) is 33.3 Å². The van der Waals surface area contributed by atoms with E-state index < -0.39 is 11.8 Å². The molecule has 2 heterocycles. The lowest BCUT2D eigenvalue weighted by atomic mass is 10.0. The predicted molar refractivity (Wildman–Crippen MR) is 125 cm³/mol. The molecule has 4 N–H and O–H groups in total. The van der Waals surface area contributed by atoms with Gasteiger partial charge in [-0.25, -0.2) is 0 Å². The molecule has 0 saturated carbocycles. The zero-order valence-electron chi connectivity index (χ0n) is 16.5. The maximum absolute atomic E-state index is 12.2. The Hall–Kier alpha value is -3.90. The van der Waals surface area contributed by atoms with Crippen molar-refractivity contribution in [2.24, 2.45) is 11.5 Å². The van der Waals surface area contributed by atoms with Crippen molar-refractivity contribution in [2.45, 2.75) is 6.54 Å². The van der Waals surface area contributed by atoms with Crippen LogP contribution in [-0.4, -0.2) is 16.4 Å². The molecule has 0 bridgehead atoms. The van der Waals surface area contributed by atoms with Crippen LogP contribution in [0, 0.1) is 0 Å². The lowest BCUT2D eigenvalue weighted by molar-refractivity contribution is 0.0992. The molecule has 31 heavy (non-hydrogen) atoms. The number of hydrogen-bond donors (Lipinski definition) is 2. The van der Waals surface area contributed by atoms with Gasteiger partial charge in [0.2, 0.25) is 11.8 Å². The lowest BCUT2D eigenvalue weighted by Crippen LogP contribution is -2.12. The number of nitrogens with zero attached hydrogens (tertiary/aromatic N) is 1. The van der Waals surface area contributed by atoms with Gasteiger partial charge in [-0.15, -0.1) is 11.3 Å². The van der Waals surface area contributed by atoms with E-state index in [0.29, 0.717) is 17.7 Å². The molecular formula is C25H19N3O2S. The fraction of sp³-hybridized carbons (Fsp3) is 0.0400. The molecule has 3 aromatic carbocycles. The second kappa shape index (κ2) is 7.41. The molecular weight excluding hydrogens is 406 g/mol. The Bertz CT molecular complexity index is 1470. The molecule has 2 amide bonds. The van der Waals surface area contributed by atoms with Gasteiger partial charge in [-0.05, 0) is 52.9 Å². The van der Waals surface area contributed by atoms with Crippen LogP contribution in [0.2, 0.25) is 0 Å². The first-order valence-electron chi connectivity index (χ1n) is 9.80. The molecule has 5 nitrogen and oxygen atoms in total. The van der Waals surface area contributed by atoms with E-state index in [-0.39, 0.29) is 0 Å². The van der Waals surface area contributed by atoms with Crippen LogP contribution < -0.4 is 11.5 Å². The van der Waals surface area contributed by atoms with Crippen LogP contribution in [0.25, 0.3) is 32.2 Å². The van der Waals surface area contributed by atoms with E-state index in [1.54, 1.807) is 29.5 Å². The topological polar surface area (TPSA) is 91.1 Å². The summed E-state index contributed by atoms with van der Waals surface area (Å²) in [7, 11) is 0. The standard InChI is InChI=1S/C25H19N3O2S/c26-24(29)17-5-1-4-15(12-17)14-28-20-7-2-6-19(25(27)30)23(20)18-10-9-16(13-21(18)28)22-8-3-11-31-22/h1-13H,14H2,(H2,26,29)(H2,27,30). The molecule has 2 aromatic heterocycles. The van der Waals surface area contributed by atoms with Gasteiger partial charge in [0.05, 0.1) is 11.0 Å². The number of aromatic nitrogens is 1. The van der Waals surface area contributed by atoms with Crippen LogP contribution in [0.5, 0.6) is 0 Å². The first-order valence-corrected chi connectivity index (χ1v) is 10.7. The minimum absolute atomic E-state index is 0.456. The second-order valence-corrected chi connectivity index (χ2v) is 8.37. The maximum atomic E-state index is 12.2. The summed E-state index contributed by atoms with van der Waals surface area (Å²) in [6, 6.07) is 23.3. The number of fused-ring (bicyclic) bond motifs is 3. The number of nitrogens with two attached hydrogens (primary N) is 2. The van der Waals surface area contributed by atoms with Gasteiger partial charge in [0.1, 0.15) is 0 Å². The van der Waals surface area contributed by atoms with E-state index in [4.69, 9.17) is 11.5 Å². The van der Waals surface area contributed by atoms with Crippen molar-refractivity contribution in [1.82, 2.24) is 4.57 Å². The van der Waals surface area contributed by atoms with Gasteiger partial charge >= 0.3 is 0 Å². The highest BCUT2D eigenvalue weighted by atomic mass is 32.1. The van der Waals surface area contributed by atoms with E-state index >= 15 is 0 Å². The fourth-order valence-electron chi connectivity index (χ4n) is 4.12. The van der Waals surface area contributed by atoms with E-state index in [9.17, 15) is 9.59 Å². The first kappa shape index (κ1) is 19.1. The number of thiophene rings is 1. The van der Waals surface area contributed by atoms with Gasteiger partial charge < -0.3 is 16.0 Å². The van der Waals surface area contributed by atoms with Crippen molar-refractivity contribution in [2.75, 3.05) is 0 Å². The molecule has 0 atom stereocenters. The number of primary amides is 2. The molecule has 0 unspecified atom stereocenters. The van der Waals surface area contributed by atoms with E-state index in [0.717, 1.165) is 32.9 Å². The number of carbonyl (C=O) groups excluding carboxylic acids is 2. The maximum Gasteiger partial charge on any atom is 0.249 e. The summed E-state index contributed by atoms with van der Waals surface area (Å²) in [6.07, 6.45) is 0. The Kier molecular flexibility index (Phi) is 4.56. The normalized spacial score (nSPS) is 11.2. The van der Waals surface area contributed by atoms with Crippen molar-refractivity contribution < 1.29 is 9.59 Å². The SMILES string of the molecule is NC(=O)c1cccc(Cn2c3cc(-c4cccs4)ccc3c3c(C(N)=O)cccc32)c1. The van der Waals surface area contributed by atoms with Crippen molar-refractivity contribution >= 4 is 45.0 Å². The Morgan fingerprint density at radius 3 is 2.42 bits per heavy atom. The summed E-state index contributed by atoms with van der Waals surface area (Å²) >= 11 is 1.68. The van der Waals surface area contributed by atoms with Gasteiger partial charge in [0.25, 0.3) is 0 Å². The molecule has 0 saturated heterocycles. The quantitative estimate of drug-likeness (QED) is 0.425. The minimum Gasteiger partial charge on any atom is -0.366 e. The minimum atomic E-state index is -0.458. The van der Waals surface area contributed by atoms with Crippen LogP contribution in [0.1, 0.15) is 26.3 Å². The number of rotatable bonds is 5. The zero-order valence-corrected chi connectivity index (χ0v) is 17.4. The predicted octanol–water partition coefficient (Wildman–Crippen LogP) is 4.77. The van der Waals surface area contributed by atoms with E-state index in [2.05, 4.69) is 34.2 Å².